The fourth-order valence-electron chi connectivity index (χ4n) is 1.85. The molecule has 1 aromatic heterocycles. The minimum absolute atomic E-state index is 0.0277. The quantitative estimate of drug-likeness (QED) is 0.826. The van der Waals surface area contributed by atoms with E-state index >= 15 is 0 Å². The molecule has 1 amide bonds. The minimum Gasteiger partial charge on any atom is -0.396 e. The van der Waals surface area contributed by atoms with Crippen molar-refractivity contribution in [1.29, 1.82) is 0 Å². The maximum absolute atomic E-state index is 11.5. The number of aliphatic hydroxyl groups is 1. The Balaban J connectivity index is 1.95. The van der Waals surface area contributed by atoms with E-state index < -0.39 is 0 Å². The van der Waals surface area contributed by atoms with Gasteiger partial charge in [-0.25, -0.2) is 4.98 Å². The SMILES string of the molecule is CN(CCc1ccc2nc[nH]c2c1)C(=O)CCO. The number of hydrogen-bond donors (Lipinski definition) is 2. The van der Waals surface area contributed by atoms with Gasteiger partial charge in [0, 0.05) is 20.0 Å². The first kappa shape index (κ1) is 12.6. The highest BCUT2D eigenvalue weighted by Crippen LogP contribution is 2.12. The molecule has 5 nitrogen and oxygen atoms in total. The molecule has 0 aliphatic carbocycles. The number of aliphatic hydroxyl groups excluding tert-OH is 1. The van der Waals surface area contributed by atoms with E-state index in [9.17, 15) is 4.79 Å². The summed E-state index contributed by atoms with van der Waals surface area (Å²) < 4.78 is 0. The molecule has 96 valence electrons. The molecule has 1 aromatic carbocycles. The maximum atomic E-state index is 11.5. The van der Waals surface area contributed by atoms with Crippen LogP contribution in [0.4, 0.5) is 0 Å². The number of nitrogens with one attached hydrogen (secondary N) is 1. The molecule has 2 rings (SSSR count). The minimum atomic E-state index is -0.0940. The molecule has 0 bridgehead atoms. The molecule has 0 saturated carbocycles. The number of benzene rings is 1. The summed E-state index contributed by atoms with van der Waals surface area (Å²) in [6.45, 7) is 0.557. The van der Waals surface area contributed by atoms with Crippen LogP contribution in [0.3, 0.4) is 0 Å². The number of imidazole rings is 1. The Kier molecular flexibility index (Phi) is 3.94. The van der Waals surface area contributed by atoms with E-state index in [-0.39, 0.29) is 18.9 Å². The molecule has 0 spiro atoms. The average molecular weight is 247 g/mol. The standard InChI is InChI=1S/C13H17N3O2/c1-16(13(18)5-7-17)6-4-10-2-3-11-12(8-10)15-9-14-11/h2-3,8-9,17H,4-7H2,1H3,(H,14,15). The number of carbonyl (C=O) groups is 1. The second-order valence-electron chi connectivity index (χ2n) is 4.29. The number of aromatic nitrogens is 2. The number of aromatic amines is 1. The number of likely N-dealkylation sites (N-methyl/N-ethyl adjacent to an activating group) is 1. The summed E-state index contributed by atoms with van der Waals surface area (Å²) in [5.74, 6) is -0.0277. The fourth-order valence-corrected chi connectivity index (χ4v) is 1.85. The summed E-state index contributed by atoms with van der Waals surface area (Å²) in [7, 11) is 1.76. The Hall–Kier alpha value is -1.88. The first-order valence-corrected chi connectivity index (χ1v) is 5.97. The van der Waals surface area contributed by atoms with Gasteiger partial charge in [-0.2, -0.15) is 0 Å². The van der Waals surface area contributed by atoms with Crippen molar-refractivity contribution in [3.8, 4) is 0 Å². The lowest BCUT2D eigenvalue weighted by atomic mass is 10.1. The van der Waals surface area contributed by atoms with Gasteiger partial charge in [0.05, 0.1) is 24.0 Å². The first-order chi connectivity index (χ1) is 8.70. The van der Waals surface area contributed by atoms with E-state index in [0.29, 0.717) is 6.54 Å². The van der Waals surface area contributed by atoms with Gasteiger partial charge in [0.1, 0.15) is 0 Å². The van der Waals surface area contributed by atoms with Crippen LogP contribution in [0.5, 0.6) is 0 Å². The molecular formula is C13H17N3O2. The van der Waals surface area contributed by atoms with Crippen molar-refractivity contribution in [3.63, 3.8) is 0 Å². The second kappa shape index (κ2) is 5.64. The van der Waals surface area contributed by atoms with Crippen LogP contribution in [0.2, 0.25) is 0 Å². The van der Waals surface area contributed by atoms with E-state index in [0.717, 1.165) is 23.0 Å². The average Bonchev–Trinajstić information content (AvgIpc) is 2.83. The predicted molar refractivity (Wildman–Crippen MR) is 69.1 cm³/mol. The normalized spacial score (nSPS) is 10.8. The van der Waals surface area contributed by atoms with Crippen LogP contribution in [0, 0.1) is 0 Å². The van der Waals surface area contributed by atoms with E-state index in [4.69, 9.17) is 5.11 Å². The lowest BCUT2D eigenvalue weighted by molar-refractivity contribution is -0.130. The lowest BCUT2D eigenvalue weighted by Crippen LogP contribution is -2.29. The third-order valence-electron chi connectivity index (χ3n) is 2.97. The summed E-state index contributed by atoms with van der Waals surface area (Å²) in [4.78, 5) is 20.4. The van der Waals surface area contributed by atoms with Crippen LogP contribution in [-0.4, -0.2) is 46.1 Å². The van der Waals surface area contributed by atoms with E-state index in [1.165, 1.54) is 0 Å². The molecule has 0 radical (unpaired) electrons. The van der Waals surface area contributed by atoms with Crippen molar-refractivity contribution >= 4 is 16.9 Å². The Labute approximate surface area is 105 Å². The largest absolute Gasteiger partial charge is 0.396 e. The number of rotatable bonds is 5. The molecule has 18 heavy (non-hydrogen) atoms. The summed E-state index contributed by atoms with van der Waals surface area (Å²) in [6.07, 6.45) is 2.66. The van der Waals surface area contributed by atoms with Crippen LogP contribution in [-0.2, 0) is 11.2 Å². The van der Waals surface area contributed by atoms with Crippen molar-refractivity contribution < 1.29 is 9.90 Å². The highest BCUT2D eigenvalue weighted by molar-refractivity contribution is 5.76. The Bertz CT molecular complexity index is 536. The third kappa shape index (κ3) is 2.87. The molecule has 0 fully saturated rings. The molecule has 0 aliphatic rings. The first-order valence-electron chi connectivity index (χ1n) is 5.97. The van der Waals surface area contributed by atoms with Gasteiger partial charge in [-0.15, -0.1) is 0 Å². The smallest absolute Gasteiger partial charge is 0.224 e. The molecule has 0 aliphatic heterocycles. The van der Waals surface area contributed by atoms with Crippen LogP contribution < -0.4 is 0 Å². The zero-order chi connectivity index (χ0) is 13.0. The van der Waals surface area contributed by atoms with Crippen molar-refractivity contribution in [2.45, 2.75) is 12.8 Å². The van der Waals surface area contributed by atoms with Gasteiger partial charge in [-0.05, 0) is 24.1 Å². The second-order valence-corrected chi connectivity index (χ2v) is 4.29. The molecule has 0 unspecified atom stereocenters. The summed E-state index contributed by atoms with van der Waals surface area (Å²) in [5, 5.41) is 8.71. The van der Waals surface area contributed by atoms with Gasteiger partial charge in [0.2, 0.25) is 5.91 Å². The van der Waals surface area contributed by atoms with Gasteiger partial charge in [0.25, 0.3) is 0 Å². The van der Waals surface area contributed by atoms with Gasteiger partial charge in [-0.3, -0.25) is 4.79 Å². The molecule has 0 saturated heterocycles. The zero-order valence-electron chi connectivity index (χ0n) is 10.4. The number of nitrogens with zero attached hydrogens (tertiary/aromatic N) is 2. The highest BCUT2D eigenvalue weighted by atomic mass is 16.3. The molecular weight excluding hydrogens is 230 g/mol. The lowest BCUT2D eigenvalue weighted by Gasteiger charge is -2.16. The van der Waals surface area contributed by atoms with Crippen molar-refractivity contribution in [1.82, 2.24) is 14.9 Å². The monoisotopic (exact) mass is 247 g/mol. The Morgan fingerprint density at radius 3 is 3.11 bits per heavy atom. The summed E-state index contributed by atoms with van der Waals surface area (Å²) in [5.41, 5.74) is 3.12. The van der Waals surface area contributed by atoms with Crippen molar-refractivity contribution in [2.24, 2.45) is 0 Å². The number of hydrogen-bond acceptors (Lipinski definition) is 3. The zero-order valence-corrected chi connectivity index (χ0v) is 10.4. The van der Waals surface area contributed by atoms with Crippen LogP contribution >= 0.6 is 0 Å². The topological polar surface area (TPSA) is 69.2 Å². The van der Waals surface area contributed by atoms with Crippen molar-refractivity contribution in [2.75, 3.05) is 20.2 Å². The van der Waals surface area contributed by atoms with Gasteiger partial charge < -0.3 is 15.0 Å². The summed E-state index contributed by atoms with van der Waals surface area (Å²) >= 11 is 0. The van der Waals surface area contributed by atoms with Gasteiger partial charge in [-0.1, -0.05) is 6.07 Å². The maximum Gasteiger partial charge on any atom is 0.224 e. The molecule has 5 heteroatoms. The predicted octanol–water partition coefficient (Wildman–Crippen LogP) is 0.946. The highest BCUT2D eigenvalue weighted by Gasteiger charge is 2.07. The van der Waals surface area contributed by atoms with E-state index in [1.807, 2.05) is 18.2 Å². The fraction of sp³-hybridized carbons (Fsp3) is 0.385. The Morgan fingerprint density at radius 2 is 2.33 bits per heavy atom. The van der Waals surface area contributed by atoms with Gasteiger partial charge >= 0.3 is 0 Å². The number of carbonyl (C=O) groups excluding carboxylic acids is 1. The molecule has 0 atom stereocenters. The number of amides is 1. The summed E-state index contributed by atoms with van der Waals surface area (Å²) in [6, 6.07) is 6.04. The number of fused-ring (bicyclic) bond motifs is 1. The third-order valence-corrected chi connectivity index (χ3v) is 2.97. The molecule has 2 aromatic rings. The molecule has 1 heterocycles. The van der Waals surface area contributed by atoms with Crippen LogP contribution in [0.15, 0.2) is 24.5 Å². The van der Waals surface area contributed by atoms with E-state index in [1.54, 1.807) is 18.3 Å². The van der Waals surface area contributed by atoms with Crippen LogP contribution in [0.1, 0.15) is 12.0 Å². The number of H-pyrrole nitrogens is 1. The Morgan fingerprint density at radius 1 is 1.50 bits per heavy atom. The van der Waals surface area contributed by atoms with Crippen LogP contribution in [0.25, 0.3) is 11.0 Å². The van der Waals surface area contributed by atoms with Crippen molar-refractivity contribution in [3.05, 3.63) is 30.1 Å². The van der Waals surface area contributed by atoms with Gasteiger partial charge in [0.15, 0.2) is 0 Å². The molecule has 2 N–H and O–H groups in total. The van der Waals surface area contributed by atoms with E-state index in [2.05, 4.69) is 9.97 Å².